The minimum atomic E-state index is 0.292. The highest BCUT2D eigenvalue weighted by Gasteiger charge is 2.36. The molecule has 2 aromatic rings. The van der Waals surface area contributed by atoms with Gasteiger partial charge in [0.1, 0.15) is 0 Å². The average Bonchev–Trinajstić information content (AvgIpc) is 3.27. The Morgan fingerprint density at radius 2 is 1.90 bits per heavy atom. The number of anilines is 1. The van der Waals surface area contributed by atoms with Crippen LogP contribution in [0, 0.1) is 5.92 Å². The fourth-order valence-corrected chi connectivity index (χ4v) is 2.91. The Labute approximate surface area is 118 Å². The number of pyridine rings is 1. The molecule has 1 aliphatic heterocycles. The standard InChI is InChI=1S/C17H16N2O/c20-17(13-1-2-13)19-10-7-15-11-14(3-4-16(15)19)12-5-8-18-9-6-12/h3-6,8-9,11,13H,1-2,7,10H2. The van der Waals surface area contributed by atoms with Crippen LogP contribution in [0.5, 0.6) is 0 Å². The van der Waals surface area contributed by atoms with Crippen LogP contribution in [0.4, 0.5) is 5.69 Å². The fraction of sp³-hybridized carbons (Fsp3) is 0.294. The molecular formula is C17H16N2O. The van der Waals surface area contributed by atoms with Crippen molar-refractivity contribution in [2.75, 3.05) is 11.4 Å². The van der Waals surface area contributed by atoms with Crippen molar-refractivity contribution in [3.8, 4) is 11.1 Å². The van der Waals surface area contributed by atoms with E-state index in [9.17, 15) is 4.79 Å². The van der Waals surface area contributed by atoms with Crippen LogP contribution in [0.3, 0.4) is 0 Å². The maximum Gasteiger partial charge on any atom is 0.230 e. The van der Waals surface area contributed by atoms with Gasteiger partial charge in [0, 0.05) is 30.5 Å². The van der Waals surface area contributed by atoms with Crippen LogP contribution in [0.2, 0.25) is 0 Å². The SMILES string of the molecule is O=C(C1CC1)N1CCc2cc(-c3ccncc3)ccc21. The van der Waals surface area contributed by atoms with Crippen LogP contribution in [0.15, 0.2) is 42.7 Å². The van der Waals surface area contributed by atoms with E-state index in [-0.39, 0.29) is 0 Å². The van der Waals surface area contributed by atoms with Gasteiger partial charge >= 0.3 is 0 Å². The Hall–Kier alpha value is -2.16. The average molecular weight is 264 g/mol. The molecule has 3 nitrogen and oxygen atoms in total. The molecule has 3 heteroatoms. The van der Waals surface area contributed by atoms with E-state index in [2.05, 4.69) is 23.2 Å². The number of nitrogens with zero attached hydrogens (tertiary/aromatic N) is 2. The molecule has 1 aromatic carbocycles. The highest BCUT2D eigenvalue weighted by Crippen LogP contribution is 2.37. The van der Waals surface area contributed by atoms with Crippen LogP contribution in [0.25, 0.3) is 11.1 Å². The van der Waals surface area contributed by atoms with Gasteiger partial charge in [0.25, 0.3) is 0 Å². The minimum absolute atomic E-state index is 0.292. The Morgan fingerprint density at radius 1 is 1.10 bits per heavy atom. The molecule has 0 atom stereocenters. The van der Waals surface area contributed by atoms with Crippen molar-refractivity contribution in [3.05, 3.63) is 48.3 Å². The zero-order valence-corrected chi connectivity index (χ0v) is 11.2. The van der Waals surface area contributed by atoms with Crippen LogP contribution in [-0.4, -0.2) is 17.4 Å². The Kier molecular flexibility index (Phi) is 2.59. The summed E-state index contributed by atoms with van der Waals surface area (Å²) in [6, 6.07) is 10.4. The van der Waals surface area contributed by atoms with Gasteiger partial charge < -0.3 is 4.90 Å². The van der Waals surface area contributed by atoms with Crippen molar-refractivity contribution in [1.29, 1.82) is 0 Å². The third kappa shape index (κ3) is 1.90. The summed E-state index contributed by atoms with van der Waals surface area (Å²) in [5, 5.41) is 0. The minimum Gasteiger partial charge on any atom is -0.312 e. The number of hydrogen-bond acceptors (Lipinski definition) is 2. The van der Waals surface area contributed by atoms with Gasteiger partial charge in [-0.3, -0.25) is 9.78 Å². The smallest absolute Gasteiger partial charge is 0.230 e. The third-order valence-corrected chi connectivity index (χ3v) is 4.18. The van der Waals surface area contributed by atoms with Crippen molar-refractivity contribution in [1.82, 2.24) is 4.98 Å². The first kappa shape index (κ1) is 11.6. The highest BCUT2D eigenvalue weighted by molar-refractivity contribution is 5.98. The predicted molar refractivity (Wildman–Crippen MR) is 78.5 cm³/mol. The van der Waals surface area contributed by atoms with E-state index < -0.39 is 0 Å². The van der Waals surface area contributed by atoms with Gasteiger partial charge in [-0.15, -0.1) is 0 Å². The number of hydrogen-bond donors (Lipinski definition) is 0. The van der Waals surface area contributed by atoms with E-state index in [0.717, 1.165) is 31.5 Å². The Balaban J connectivity index is 1.68. The summed E-state index contributed by atoms with van der Waals surface area (Å²) in [4.78, 5) is 18.3. The lowest BCUT2D eigenvalue weighted by atomic mass is 10.0. The van der Waals surface area contributed by atoms with Gasteiger partial charge in [0.15, 0.2) is 0 Å². The summed E-state index contributed by atoms with van der Waals surface area (Å²) in [5.74, 6) is 0.612. The summed E-state index contributed by atoms with van der Waals surface area (Å²) < 4.78 is 0. The summed E-state index contributed by atoms with van der Waals surface area (Å²) in [6.07, 6.45) is 6.73. The summed E-state index contributed by atoms with van der Waals surface area (Å²) in [7, 11) is 0. The molecule has 2 heterocycles. The quantitative estimate of drug-likeness (QED) is 0.835. The molecule has 1 saturated carbocycles. The molecule has 0 saturated heterocycles. The normalized spacial score (nSPS) is 17.1. The first-order chi connectivity index (χ1) is 9.83. The maximum absolute atomic E-state index is 12.2. The van der Waals surface area contributed by atoms with E-state index in [1.54, 1.807) is 0 Å². The van der Waals surface area contributed by atoms with Crippen molar-refractivity contribution in [3.63, 3.8) is 0 Å². The largest absolute Gasteiger partial charge is 0.312 e. The molecule has 0 unspecified atom stereocenters. The van der Waals surface area contributed by atoms with Gasteiger partial charge in [-0.2, -0.15) is 0 Å². The third-order valence-electron chi connectivity index (χ3n) is 4.18. The van der Waals surface area contributed by atoms with Crippen molar-refractivity contribution in [2.45, 2.75) is 19.3 Å². The van der Waals surface area contributed by atoms with Gasteiger partial charge in [-0.25, -0.2) is 0 Å². The molecule has 100 valence electrons. The number of benzene rings is 1. The molecule has 1 aromatic heterocycles. The Bertz CT molecular complexity index is 662. The van der Waals surface area contributed by atoms with E-state index in [1.165, 1.54) is 16.7 Å². The molecule has 0 bridgehead atoms. The van der Waals surface area contributed by atoms with Gasteiger partial charge in [-0.1, -0.05) is 6.07 Å². The van der Waals surface area contributed by atoms with Crippen LogP contribution in [0.1, 0.15) is 18.4 Å². The summed E-state index contributed by atoms with van der Waals surface area (Å²) in [6.45, 7) is 0.838. The van der Waals surface area contributed by atoms with Crippen molar-refractivity contribution < 1.29 is 4.79 Å². The van der Waals surface area contributed by atoms with Gasteiger partial charge in [0.2, 0.25) is 5.91 Å². The molecule has 1 amide bonds. The summed E-state index contributed by atoms with van der Waals surface area (Å²) in [5.41, 5.74) is 4.77. The molecule has 0 spiro atoms. The van der Waals surface area contributed by atoms with Crippen molar-refractivity contribution in [2.24, 2.45) is 5.92 Å². The van der Waals surface area contributed by atoms with E-state index in [4.69, 9.17) is 0 Å². The topological polar surface area (TPSA) is 33.2 Å². The zero-order chi connectivity index (χ0) is 13.5. The molecule has 4 rings (SSSR count). The molecule has 0 N–H and O–H groups in total. The number of fused-ring (bicyclic) bond motifs is 1. The second kappa shape index (κ2) is 4.44. The van der Waals surface area contributed by atoms with E-state index in [0.29, 0.717) is 11.8 Å². The van der Waals surface area contributed by atoms with Crippen LogP contribution >= 0.6 is 0 Å². The number of rotatable bonds is 2. The molecule has 1 fully saturated rings. The molecule has 0 radical (unpaired) electrons. The van der Waals surface area contributed by atoms with Crippen molar-refractivity contribution >= 4 is 11.6 Å². The first-order valence-corrected chi connectivity index (χ1v) is 7.17. The van der Waals surface area contributed by atoms with Crippen LogP contribution < -0.4 is 4.90 Å². The van der Waals surface area contributed by atoms with Crippen LogP contribution in [-0.2, 0) is 11.2 Å². The number of carbonyl (C=O) groups excluding carboxylic acids is 1. The summed E-state index contributed by atoms with van der Waals surface area (Å²) >= 11 is 0. The lowest BCUT2D eigenvalue weighted by molar-refractivity contribution is -0.119. The van der Waals surface area contributed by atoms with Gasteiger partial charge in [-0.05, 0) is 60.2 Å². The molecule has 20 heavy (non-hydrogen) atoms. The second-order valence-electron chi connectivity index (χ2n) is 5.59. The zero-order valence-electron chi connectivity index (χ0n) is 11.2. The van der Waals surface area contributed by atoms with Gasteiger partial charge in [0.05, 0.1) is 0 Å². The van der Waals surface area contributed by atoms with E-state index >= 15 is 0 Å². The Morgan fingerprint density at radius 3 is 2.65 bits per heavy atom. The lowest BCUT2D eigenvalue weighted by Crippen LogP contribution is -2.30. The fourth-order valence-electron chi connectivity index (χ4n) is 2.91. The number of carbonyl (C=O) groups is 1. The molecular weight excluding hydrogens is 248 g/mol. The molecule has 1 aliphatic carbocycles. The first-order valence-electron chi connectivity index (χ1n) is 7.17. The number of amides is 1. The molecule has 2 aliphatic rings. The predicted octanol–water partition coefficient (Wildman–Crippen LogP) is 3.05. The second-order valence-corrected chi connectivity index (χ2v) is 5.59. The lowest BCUT2D eigenvalue weighted by Gasteiger charge is -2.17. The monoisotopic (exact) mass is 264 g/mol. The number of aromatic nitrogens is 1. The highest BCUT2D eigenvalue weighted by atomic mass is 16.2. The van der Waals surface area contributed by atoms with E-state index in [1.807, 2.05) is 29.4 Å². The maximum atomic E-state index is 12.2.